The van der Waals surface area contributed by atoms with Crippen molar-refractivity contribution in [2.45, 2.75) is 6.04 Å². The maximum Gasteiger partial charge on any atom is 0.309 e. The van der Waals surface area contributed by atoms with E-state index in [-0.39, 0.29) is 12.0 Å². The van der Waals surface area contributed by atoms with Crippen molar-refractivity contribution in [2.75, 3.05) is 13.7 Å². The summed E-state index contributed by atoms with van der Waals surface area (Å²) in [5.74, 6) is -0.369. The van der Waals surface area contributed by atoms with Crippen LogP contribution in [0.15, 0.2) is 24.3 Å². The molecule has 1 aromatic rings. The van der Waals surface area contributed by atoms with Crippen molar-refractivity contribution >= 4 is 5.97 Å². The van der Waals surface area contributed by atoms with Gasteiger partial charge in [-0.05, 0) is 6.07 Å². The molecule has 1 aliphatic heterocycles. The molecule has 0 aliphatic carbocycles. The average Bonchev–Trinajstić information content (AvgIpc) is 2.16. The summed E-state index contributed by atoms with van der Waals surface area (Å²) >= 11 is 0. The predicted molar refractivity (Wildman–Crippen MR) is 54.9 cm³/mol. The van der Waals surface area contributed by atoms with Crippen molar-refractivity contribution in [3.05, 3.63) is 29.8 Å². The SMILES string of the molecule is COc1ccccc1C1NCC1C(=O)O. The molecule has 0 saturated carbocycles. The number of rotatable bonds is 3. The van der Waals surface area contributed by atoms with Gasteiger partial charge in [0.1, 0.15) is 5.75 Å². The van der Waals surface area contributed by atoms with E-state index in [1.54, 1.807) is 7.11 Å². The van der Waals surface area contributed by atoms with Gasteiger partial charge in [-0.1, -0.05) is 18.2 Å². The molecule has 0 spiro atoms. The third-order valence-electron chi connectivity index (χ3n) is 2.75. The Hall–Kier alpha value is -1.55. The summed E-state index contributed by atoms with van der Waals surface area (Å²) in [6, 6.07) is 7.37. The molecule has 2 unspecified atom stereocenters. The Bertz CT molecular complexity index is 378. The molecule has 2 rings (SSSR count). The van der Waals surface area contributed by atoms with Gasteiger partial charge in [0, 0.05) is 12.1 Å². The molecule has 0 bridgehead atoms. The Kier molecular flexibility index (Phi) is 2.60. The molecule has 4 nitrogen and oxygen atoms in total. The first-order valence-electron chi connectivity index (χ1n) is 4.83. The van der Waals surface area contributed by atoms with Crippen molar-refractivity contribution < 1.29 is 14.6 Å². The number of nitrogens with one attached hydrogen (secondary N) is 1. The normalized spacial score (nSPS) is 24.3. The van der Waals surface area contributed by atoms with Crippen LogP contribution < -0.4 is 10.1 Å². The van der Waals surface area contributed by atoms with Crippen molar-refractivity contribution in [3.8, 4) is 5.75 Å². The highest BCUT2D eigenvalue weighted by Gasteiger charge is 2.38. The molecule has 1 saturated heterocycles. The Balaban J connectivity index is 2.26. The standard InChI is InChI=1S/C11H13NO3/c1-15-9-5-3-2-4-7(9)10-8(6-12-10)11(13)14/h2-5,8,10,12H,6H2,1H3,(H,13,14). The maximum absolute atomic E-state index is 10.9. The fourth-order valence-corrected chi connectivity index (χ4v) is 1.83. The van der Waals surface area contributed by atoms with E-state index in [9.17, 15) is 4.79 Å². The summed E-state index contributed by atoms with van der Waals surface area (Å²) in [5.41, 5.74) is 0.915. The van der Waals surface area contributed by atoms with Crippen molar-refractivity contribution in [1.29, 1.82) is 0 Å². The molecule has 4 heteroatoms. The van der Waals surface area contributed by atoms with Crippen LogP contribution in [0.3, 0.4) is 0 Å². The molecule has 0 aromatic heterocycles. The number of carboxylic acid groups (broad SMARTS) is 1. The van der Waals surface area contributed by atoms with Crippen LogP contribution in [0.5, 0.6) is 5.75 Å². The van der Waals surface area contributed by atoms with Crippen molar-refractivity contribution in [1.82, 2.24) is 5.32 Å². The fourth-order valence-electron chi connectivity index (χ4n) is 1.83. The smallest absolute Gasteiger partial charge is 0.309 e. The van der Waals surface area contributed by atoms with E-state index in [1.165, 1.54) is 0 Å². The van der Waals surface area contributed by atoms with Gasteiger partial charge in [-0.15, -0.1) is 0 Å². The van der Waals surface area contributed by atoms with Gasteiger partial charge < -0.3 is 15.2 Å². The van der Waals surface area contributed by atoms with Crippen molar-refractivity contribution in [2.24, 2.45) is 5.92 Å². The summed E-state index contributed by atoms with van der Waals surface area (Å²) in [7, 11) is 1.59. The van der Waals surface area contributed by atoms with Gasteiger partial charge in [-0.25, -0.2) is 0 Å². The highest BCUT2D eigenvalue weighted by molar-refractivity contribution is 5.73. The van der Waals surface area contributed by atoms with Crippen LogP contribution in [0.25, 0.3) is 0 Å². The highest BCUT2D eigenvalue weighted by Crippen LogP contribution is 2.34. The van der Waals surface area contributed by atoms with Crippen LogP contribution in [0, 0.1) is 5.92 Å². The molecule has 0 amide bonds. The molecular formula is C11H13NO3. The maximum atomic E-state index is 10.9. The van der Waals surface area contributed by atoms with E-state index >= 15 is 0 Å². The van der Waals surface area contributed by atoms with Gasteiger partial charge >= 0.3 is 5.97 Å². The Labute approximate surface area is 87.9 Å². The molecule has 15 heavy (non-hydrogen) atoms. The van der Waals surface area contributed by atoms with Crippen LogP contribution in [-0.4, -0.2) is 24.7 Å². The second kappa shape index (κ2) is 3.90. The number of benzene rings is 1. The zero-order valence-corrected chi connectivity index (χ0v) is 8.43. The van der Waals surface area contributed by atoms with Crippen LogP contribution >= 0.6 is 0 Å². The van der Waals surface area contributed by atoms with Crippen LogP contribution in [-0.2, 0) is 4.79 Å². The second-order valence-electron chi connectivity index (χ2n) is 3.57. The van der Waals surface area contributed by atoms with Crippen LogP contribution in [0.2, 0.25) is 0 Å². The molecule has 1 heterocycles. The number of methoxy groups -OCH3 is 1. The molecule has 1 aliphatic rings. The number of ether oxygens (including phenoxy) is 1. The number of carboxylic acids is 1. The number of hydrogen-bond acceptors (Lipinski definition) is 3. The summed E-state index contributed by atoms with van der Waals surface area (Å²) < 4.78 is 5.20. The molecule has 1 aromatic carbocycles. The summed E-state index contributed by atoms with van der Waals surface area (Å²) in [4.78, 5) is 10.9. The number of para-hydroxylation sites is 1. The molecule has 80 valence electrons. The quantitative estimate of drug-likeness (QED) is 0.777. The third-order valence-corrected chi connectivity index (χ3v) is 2.75. The van der Waals surface area contributed by atoms with E-state index < -0.39 is 5.97 Å². The molecule has 2 atom stereocenters. The third kappa shape index (κ3) is 1.68. The van der Waals surface area contributed by atoms with Gasteiger partial charge in [0.05, 0.1) is 19.1 Å². The topological polar surface area (TPSA) is 58.6 Å². The van der Waals surface area contributed by atoms with Crippen molar-refractivity contribution in [3.63, 3.8) is 0 Å². The Morgan fingerprint density at radius 1 is 1.53 bits per heavy atom. The lowest BCUT2D eigenvalue weighted by atomic mass is 9.86. The van der Waals surface area contributed by atoms with E-state index in [4.69, 9.17) is 9.84 Å². The largest absolute Gasteiger partial charge is 0.496 e. The lowest BCUT2D eigenvalue weighted by Gasteiger charge is -2.35. The molecule has 2 N–H and O–H groups in total. The predicted octanol–water partition coefficient (Wildman–Crippen LogP) is 1.04. The minimum Gasteiger partial charge on any atom is -0.496 e. The zero-order valence-electron chi connectivity index (χ0n) is 8.43. The minimum absolute atomic E-state index is 0.126. The lowest BCUT2D eigenvalue weighted by Crippen LogP contribution is -2.49. The van der Waals surface area contributed by atoms with E-state index in [2.05, 4.69) is 5.32 Å². The highest BCUT2D eigenvalue weighted by atomic mass is 16.5. The first-order valence-corrected chi connectivity index (χ1v) is 4.83. The Morgan fingerprint density at radius 2 is 2.27 bits per heavy atom. The first kappa shape index (κ1) is 9.98. The molecular weight excluding hydrogens is 194 g/mol. The average molecular weight is 207 g/mol. The van der Waals surface area contributed by atoms with Crippen LogP contribution in [0.1, 0.15) is 11.6 Å². The molecule has 0 radical (unpaired) electrons. The zero-order chi connectivity index (χ0) is 10.8. The monoisotopic (exact) mass is 207 g/mol. The van der Waals surface area contributed by atoms with Gasteiger partial charge in [0.15, 0.2) is 0 Å². The number of aliphatic carboxylic acids is 1. The Morgan fingerprint density at radius 3 is 2.80 bits per heavy atom. The second-order valence-corrected chi connectivity index (χ2v) is 3.57. The summed E-state index contributed by atoms with van der Waals surface area (Å²) in [6.45, 7) is 0.526. The van der Waals surface area contributed by atoms with E-state index in [1.807, 2.05) is 24.3 Å². The van der Waals surface area contributed by atoms with Gasteiger partial charge in [0.2, 0.25) is 0 Å². The van der Waals surface area contributed by atoms with Gasteiger partial charge in [0.25, 0.3) is 0 Å². The summed E-state index contributed by atoms with van der Waals surface area (Å²) in [6.07, 6.45) is 0. The van der Waals surface area contributed by atoms with Gasteiger partial charge in [-0.3, -0.25) is 4.79 Å². The van der Waals surface area contributed by atoms with Gasteiger partial charge in [-0.2, -0.15) is 0 Å². The summed E-state index contributed by atoms with van der Waals surface area (Å²) in [5, 5.41) is 12.1. The lowest BCUT2D eigenvalue weighted by molar-refractivity contribution is -0.145. The minimum atomic E-state index is -0.760. The molecule has 1 fully saturated rings. The number of carbonyl (C=O) groups is 1. The first-order chi connectivity index (χ1) is 7.24. The number of hydrogen-bond donors (Lipinski definition) is 2. The van der Waals surface area contributed by atoms with Crippen LogP contribution in [0.4, 0.5) is 0 Å². The van der Waals surface area contributed by atoms with E-state index in [0.717, 1.165) is 11.3 Å². The van der Waals surface area contributed by atoms with E-state index in [0.29, 0.717) is 6.54 Å². The fraction of sp³-hybridized carbons (Fsp3) is 0.364.